The van der Waals surface area contributed by atoms with Crippen LogP contribution in [0.5, 0.6) is 0 Å². The molecule has 0 aliphatic heterocycles. The number of halogens is 2. The Hall–Kier alpha value is -2.46. The van der Waals surface area contributed by atoms with Crippen molar-refractivity contribution in [2.45, 2.75) is 19.5 Å². The number of sulfonamides is 1. The van der Waals surface area contributed by atoms with E-state index in [2.05, 4.69) is 21.2 Å². The maximum atomic E-state index is 14.3. The number of nitrogens with one attached hydrogen (secondary N) is 1. The van der Waals surface area contributed by atoms with Crippen LogP contribution in [0.1, 0.15) is 12.5 Å². The fourth-order valence-electron chi connectivity index (χ4n) is 2.87. The second kappa shape index (κ2) is 10.0. The summed E-state index contributed by atoms with van der Waals surface area (Å²) in [6.07, 6.45) is 0.896. The third kappa shape index (κ3) is 6.02. The first-order valence-electron chi connectivity index (χ1n) is 9.02. The predicted molar refractivity (Wildman–Crippen MR) is 117 cm³/mol. The lowest BCUT2D eigenvalue weighted by Crippen LogP contribution is -2.50. The number of amides is 2. The van der Waals surface area contributed by atoms with E-state index in [9.17, 15) is 22.4 Å². The van der Waals surface area contributed by atoms with Gasteiger partial charge in [0.05, 0.1) is 11.9 Å². The maximum Gasteiger partial charge on any atom is 0.244 e. The smallest absolute Gasteiger partial charge is 0.244 e. The highest BCUT2D eigenvalue weighted by molar-refractivity contribution is 9.10. The normalized spacial score (nSPS) is 12.2. The predicted octanol–water partition coefficient (Wildman–Crippen LogP) is 2.52. The molecule has 0 bridgehead atoms. The average molecular weight is 500 g/mol. The zero-order chi connectivity index (χ0) is 22.5. The van der Waals surface area contributed by atoms with Crippen molar-refractivity contribution < 1.29 is 22.4 Å². The fourth-order valence-corrected chi connectivity index (χ4v) is 4.17. The van der Waals surface area contributed by atoms with E-state index in [1.807, 2.05) is 6.07 Å². The fraction of sp³-hybridized carbons (Fsp3) is 0.300. The molecule has 2 aromatic carbocycles. The van der Waals surface area contributed by atoms with Crippen LogP contribution in [0.3, 0.4) is 0 Å². The van der Waals surface area contributed by atoms with Crippen LogP contribution in [0.2, 0.25) is 0 Å². The van der Waals surface area contributed by atoms with Crippen molar-refractivity contribution in [2.75, 3.05) is 24.2 Å². The van der Waals surface area contributed by atoms with Crippen LogP contribution in [0.15, 0.2) is 53.0 Å². The molecular formula is C20H23BrFN3O4S. The van der Waals surface area contributed by atoms with Crippen molar-refractivity contribution in [3.8, 4) is 0 Å². The van der Waals surface area contributed by atoms with Gasteiger partial charge in [0.15, 0.2) is 0 Å². The second-order valence-corrected chi connectivity index (χ2v) is 9.49. The highest BCUT2D eigenvalue weighted by Crippen LogP contribution is 2.22. The minimum absolute atomic E-state index is 0.0712. The van der Waals surface area contributed by atoms with Crippen LogP contribution in [-0.2, 0) is 26.2 Å². The monoisotopic (exact) mass is 499 g/mol. The second-order valence-electron chi connectivity index (χ2n) is 6.66. The maximum absolute atomic E-state index is 14.3. The van der Waals surface area contributed by atoms with Gasteiger partial charge in [-0.25, -0.2) is 12.8 Å². The Morgan fingerprint density at radius 3 is 2.40 bits per heavy atom. The summed E-state index contributed by atoms with van der Waals surface area (Å²) >= 11 is 3.36. The van der Waals surface area contributed by atoms with Gasteiger partial charge in [0.1, 0.15) is 18.4 Å². The van der Waals surface area contributed by atoms with Crippen LogP contribution >= 0.6 is 15.9 Å². The number of para-hydroxylation sites is 1. The van der Waals surface area contributed by atoms with Crippen LogP contribution in [0.25, 0.3) is 0 Å². The molecule has 2 aromatic rings. The van der Waals surface area contributed by atoms with Gasteiger partial charge in [0.2, 0.25) is 21.8 Å². The highest BCUT2D eigenvalue weighted by atomic mass is 79.9. The Labute approximate surface area is 184 Å². The summed E-state index contributed by atoms with van der Waals surface area (Å²) in [5.74, 6) is -1.82. The molecule has 0 heterocycles. The van der Waals surface area contributed by atoms with Gasteiger partial charge < -0.3 is 10.2 Å². The molecule has 0 saturated carbocycles. The van der Waals surface area contributed by atoms with E-state index in [1.54, 1.807) is 25.1 Å². The Morgan fingerprint density at radius 1 is 1.17 bits per heavy atom. The minimum Gasteiger partial charge on any atom is -0.357 e. The number of likely N-dealkylation sites (N-methyl/N-ethyl adjacent to an activating group) is 1. The van der Waals surface area contributed by atoms with E-state index in [1.165, 1.54) is 30.1 Å². The van der Waals surface area contributed by atoms with Gasteiger partial charge in [-0.3, -0.25) is 13.9 Å². The molecule has 1 atom stereocenters. The van der Waals surface area contributed by atoms with E-state index in [0.29, 0.717) is 4.31 Å². The number of rotatable bonds is 8. The molecule has 2 amide bonds. The van der Waals surface area contributed by atoms with Gasteiger partial charge in [-0.15, -0.1) is 0 Å². The number of nitrogens with zero attached hydrogens (tertiary/aromatic N) is 2. The van der Waals surface area contributed by atoms with E-state index in [0.717, 1.165) is 22.4 Å². The summed E-state index contributed by atoms with van der Waals surface area (Å²) in [4.78, 5) is 26.6. The molecule has 10 heteroatoms. The Balaban J connectivity index is 2.40. The topological polar surface area (TPSA) is 86.8 Å². The third-order valence-corrected chi connectivity index (χ3v) is 6.08. The van der Waals surface area contributed by atoms with Gasteiger partial charge in [0, 0.05) is 18.1 Å². The quantitative estimate of drug-likeness (QED) is 0.604. The molecule has 1 N–H and O–H groups in total. The van der Waals surface area contributed by atoms with Gasteiger partial charge in [-0.05, 0) is 36.8 Å². The van der Waals surface area contributed by atoms with Crippen LogP contribution in [0.4, 0.5) is 10.1 Å². The molecule has 0 spiro atoms. The molecule has 0 unspecified atom stereocenters. The Kier molecular flexibility index (Phi) is 7.96. The molecule has 7 nitrogen and oxygen atoms in total. The molecule has 0 aliphatic rings. The van der Waals surface area contributed by atoms with Crippen molar-refractivity contribution in [2.24, 2.45) is 0 Å². The molecular weight excluding hydrogens is 477 g/mol. The van der Waals surface area contributed by atoms with Crippen LogP contribution in [0, 0.1) is 5.82 Å². The largest absolute Gasteiger partial charge is 0.357 e. The van der Waals surface area contributed by atoms with Crippen molar-refractivity contribution in [1.82, 2.24) is 10.2 Å². The van der Waals surface area contributed by atoms with Gasteiger partial charge in [0.25, 0.3) is 0 Å². The molecule has 0 aromatic heterocycles. The molecule has 0 aliphatic carbocycles. The van der Waals surface area contributed by atoms with E-state index < -0.39 is 40.2 Å². The van der Waals surface area contributed by atoms with E-state index >= 15 is 0 Å². The van der Waals surface area contributed by atoms with Gasteiger partial charge in [-0.1, -0.05) is 40.2 Å². The Morgan fingerprint density at radius 2 is 1.83 bits per heavy atom. The molecule has 30 heavy (non-hydrogen) atoms. The first-order valence-corrected chi connectivity index (χ1v) is 11.7. The van der Waals surface area contributed by atoms with E-state index in [4.69, 9.17) is 0 Å². The summed E-state index contributed by atoms with van der Waals surface area (Å²) in [6, 6.07) is 11.6. The average Bonchev–Trinajstić information content (AvgIpc) is 2.69. The van der Waals surface area contributed by atoms with Gasteiger partial charge in [-0.2, -0.15) is 0 Å². The lowest BCUT2D eigenvalue weighted by atomic mass is 10.1. The standard InChI is InChI=1S/C20H23BrFN3O4S/c1-14(20(27)23-2)24(12-15-7-6-8-16(21)11-15)19(26)13-25(30(3,28)29)18-10-5-4-9-17(18)22/h4-11,14H,12-13H2,1-3H3,(H,23,27)/t14-/m1/s1. The lowest BCUT2D eigenvalue weighted by molar-refractivity contribution is -0.139. The molecule has 0 radical (unpaired) electrons. The number of hydrogen-bond acceptors (Lipinski definition) is 4. The number of carbonyl (C=O) groups excluding carboxylic acids is 2. The number of carbonyl (C=O) groups is 2. The summed E-state index contributed by atoms with van der Waals surface area (Å²) < 4.78 is 40.4. The first kappa shape index (κ1) is 23.8. The van der Waals surface area contributed by atoms with Crippen molar-refractivity contribution in [3.63, 3.8) is 0 Å². The lowest BCUT2D eigenvalue weighted by Gasteiger charge is -2.31. The van der Waals surface area contributed by atoms with Crippen LogP contribution in [-0.4, -0.2) is 51.0 Å². The zero-order valence-electron chi connectivity index (χ0n) is 16.8. The number of anilines is 1. The number of hydrogen-bond donors (Lipinski definition) is 1. The Bertz CT molecular complexity index is 1030. The van der Waals surface area contributed by atoms with Crippen LogP contribution < -0.4 is 9.62 Å². The summed E-state index contributed by atoms with van der Waals surface area (Å²) in [5.41, 5.74) is 0.508. The van der Waals surface area contributed by atoms with E-state index in [-0.39, 0.29) is 12.2 Å². The molecule has 0 fully saturated rings. The van der Waals surface area contributed by atoms with Crippen molar-refractivity contribution in [3.05, 3.63) is 64.4 Å². The summed E-state index contributed by atoms with van der Waals surface area (Å²) in [7, 11) is -2.52. The van der Waals surface area contributed by atoms with Crippen molar-refractivity contribution in [1.29, 1.82) is 0 Å². The minimum atomic E-state index is -3.96. The zero-order valence-corrected chi connectivity index (χ0v) is 19.2. The molecule has 2 rings (SSSR count). The number of benzene rings is 2. The van der Waals surface area contributed by atoms with Gasteiger partial charge >= 0.3 is 0 Å². The SMILES string of the molecule is CNC(=O)[C@@H](C)N(Cc1cccc(Br)c1)C(=O)CN(c1ccccc1F)S(C)(=O)=O. The summed E-state index contributed by atoms with van der Waals surface area (Å²) in [5, 5.41) is 2.49. The molecule has 162 valence electrons. The van der Waals surface area contributed by atoms with Crippen molar-refractivity contribution >= 4 is 43.5 Å². The molecule has 0 saturated heterocycles. The summed E-state index contributed by atoms with van der Waals surface area (Å²) in [6.45, 7) is 0.972. The third-order valence-electron chi connectivity index (χ3n) is 4.46. The first-order chi connectivity index (χ1) is 14.0. The highest BCUT2D eigenvalue weighted by Gasteiger charge is 2.30.